The van der Waals surface area contributed by atoms with Crippen molar-refractivity contribution in [3.05, 3.63) is 71.4 Å². The lowest BCUT2D eigenvalue weighted by atomic mass is 9.97. The summed E-state index contributed by atoms with van der Waals surface area (Å²) in [5, 5.41) is 5.88. The second kappa shape index (κ2) is 16.3. The molecule has 0 aliphatic carbocycles. The number of hydrogen-bond acceptors (Lipinski definition) is 7. The van der Waals surface area contributed by atoms with E-state index in [0.29, 0.717) is 44.0 Å². The van der Waals surface area contributed by atoms with Crippen molar-refractivity contribution >= 4 is 35.0 Å². The number of carbonyl (C=O) groups is 2. The van der Waals surface area contributed by atoms with Crippen LogP contribution in [0.5, 0.6) is 5.75 Å². The molecule has 0 bridgehead atoms. The number of allylic oxidation sites excluding steroid dienone is 3. The van der Waals surface area contributed by atoms with Crippen molar-refractivity contribution in [2.75, 3.05) is 53.0 Å². The quantitative estimate of drug-likeness (QED) is 0.455. The number of nitrogens with zero attached hydrogens (tertiary/aromatic N) is 2. The molecule has 9 heteroatoms. The van der Waals surface area contributed by atoms with Crippen LogP contribution in [0.25, 0.3) is 11.1 Å². The maximum atomic E-state index is 13.5. The molecule has 0 saturated heterocycles. The number of nitrogens with one attached hydrogen (secondary N) is 2. The Kier molecular flexibility index (Phi) is 12.8. The van der Waals surface area contributed by atoms with Crippen molar-refractivity contribution in [1.29, 1.82) is 0 Å². The van der Waals surface area contributed by atoms with Crippen molar-refractivity contribution in [3.8, 4) is 18.6 Å². The van der Waals surface area contributed by atoms with Gasteiger partial charge >= 0.3 is 6.09 Å². The van der Waals surface area contributed by atoms with Crippen LogP contribution in [0.3, 0.4) is 0 Å². The summed E-state index contributed by atoms with van der Waals surface area (Å²) >= 11 is 0. The number of anilines is 1. The molecule has 1 aliphatic heterocycles. The van der Waals surface area contributed by atoms with Gasteiger partial charge in [-0.3, -0.25) is 15.1 Å². The lowest BCUT2D eigenvalue weighted by molar-refractivity contribution is 0.0707. The molecule has 9 nitrogen and oxygen atoms in total. The number of likely N-dealkylation sites (N-methyl/N-ethyl adjacent to an activating group) is 1. The molecular weight excluding hydrogens is 496 g/mol. The lowest BCUT2D eigenvalue weighted by Gasteiger charge is -2.22. The van der Waals surface area contributed by atoms with Crippen LogP contribution in [0.15, 0.2) is 59.7 Å². The molecule has 0 radical (unpaired) electrons. The minimum Gasteiger partial charge on any atom is -0.496 e. The van der Waals surface area contributed by atoms with E-state index in [-0.39, 0.29) is 5.91 Å². The number of amides is 2. The summed E-state index contributed by atoms with van der Waals surface area (Å²) in [7, 11) is 4.53. The van der Waals surface area contributed by atoms with Gasteiger partial charge in [0.05, 0.1) is 32.1 Å². The summed E-state index contributed by atoms with van der Waals surface area (Å²) in [6, 6.07) is 13.2. The topological polar surface area (TPSA) is 101 Å². The zero-order valence-corrected chi connectivity index (χ0v) is 22.9. The minimum absolute atomic E-state index is 0.218. The molecule has 0 atom stereocenters. The van der Waals surface area contributed by atoms with Crippen molar-refractivity contribution in [3.63, 3.8) is 0 Å². The largest absolute Gasteiger partial charge is 0.496 e. The van der Waals surface area contributed by atoms with Gasteiger partial charge in [-0.05, 0) is 48.3 Å². The number of para-hydroxylation sites is 1. The predicted molar refractivity (Wildman–Crippen MR) is 156 cm³/mol. The van der Waals surface area contributed by atoms with E-state index < -0.39 is 6.09 Å². The number of terminal acetylenes is 1. The van der Waals surface area contributed by atoms with E-state index >= 15 is 0 Å². The van der Waals surface area contributed by atoms with E-state index in [9.17, 15) is 9.59 Å². The Morgan fingerprint density at radius 3 is 2.59 bits per heavy atom. The number of hydrogen-bond donors (Lipinski definition) is 2. The van der Waals surface area contributed by atoms with E-state index in [1.807, 2.05) is 43.5 Å². The number of ether oxygens (including phenoxy) is 3. The van der Waals surface area contributed by atoms with Crippen molar-refractivity contribution in [2.24, 2.45) is 4.99 Å². The van der Waals surface area contributed by atoms with E-state index in [1.165, 1.54) is 7.11 Å². The smallest absolute Gasteiger partial charge is 0.411 e. The first-order valence-corrected chi connectivity index (χ1v) is 12.4. The molecule has 1 aliphatic rings. The summed E-state index contributed by atoms with van der Waals surface area (Å²) in [5.41, 5.74) is 4.40. The third-order valence-electron chi connectivity index (χ3n) is 5.92. The Morgan fingerprint density at radius 2 is 1.90 bits per heavy atom. The zero-order chi connectivity index (χ0) is 28.6. The average molecular weight is 533 g/mol. The molecule has 2 amide bonds. The predicted octanol–water partition coefficient (Wildman–Crippen LogP) is 4.68. The van der Waals surface area contributed by atoms with E-state index in [0.717, 1.165) is 28.0 Å². The van der Waals surface area contributed by atoms with E-state index in [2.05, 4.69) is 34.5 Å². The van der Waals surface area contributed by atoms with Gasteiger partial charge < -0.3 is 24.4 Å². The number of aliphatic imine (C=N–C) groups is 1. The Hall–Kier alpha value is -4.55. The third-order valence-corrected chi connectivity index (χ3v) is 5.92. The summed E-state index contributed by atoms with van der Waals surface area (Å²) < 4.78 is 15.5. The van der Waals surface area contributed by atoms with E-state index in [1.54, 1.807) is 37.5 Å². The van der Waals surface area contributed by atoms with Crippen molar-refractivity contribution < 1.29 is 23.8 Å². The number of rotatable bonds is 9. The Balaban J connectivity index is 0.00000260. The fraction of sp³-hybridized carbons (Fsp3) is 0.300. The number of carbonyl (C=O) groups excluding carboxylic acids is 2. The second-order valence-electron chi connectivity index (χ2n) is 8.16. The standard InChI is InChI=1S/C28H34N4O5.C2H2/c1-5-32(14-15-35-2)27(33)24-16-20(12-13-25(24)31-28(34)37-4)21-10-11-22(18-30-19-29-17-21)23-8-6-7-9-26(23)36-3;1-2/h6-10,12-13,16-18,30H,5,11,14-15,19H2,1-4H3,(H,31,34);1-2H/b21-10+,22-18+,29-17-;. The molecule has 0 aromatic heterocycles. The maximum Gasteiger partial charge on any atom is 0.411 e. The second-order valence-corrected chi connectivity index (χ2v) is 8.16. The van der Waals surface area contributed by atoms with Crippen molar-refractivity contribution in [1.82, 2.24) is 10.2 Å². The molecule has 0 fully saturated rings. The Morgan fingerprint density at radius 1 is 1.13 bits per heavy atom. The van der Waals surface area contributed by atoms with Crippen LogP contribution in [-0.2, 0) is 9.47 Å². The van der Waals surface area contributed by atoms with Gasteiger partial charge in [0.15, 0.2) is 0 Å². The van der Waals surface area contributed by atoms with Gasteiger partial charge in [0.1, 0.15) is 12.4 Å². The summed E-state index contributed by atoms with van der Waals surface area (Å²) in [5.74, 6) is 0.567. The van der Waals surface area contributed by atoms with Crippen LogP contribution in [0.1, 0.15) is 34.8 Å². The molecule has 1 heterocycles. The molecule has 39 heavy (non-hydrogen) atoms. The molecule has 0 unspecified atom stereocenters. The van der Waals surface area contributed by atoms with Gasteiger partial charge in [-0.1, -0.05) is 30.3 Å². The average Bonchev–Trinajstić information content (AvgIpc) is 3.11. The van der Waals surface area contributed by atoms with Gasteiger partial charge in [0.25, 0.3) is 5.91 Å². The molecule has 2 N–H and O–H groups in total. The highest BCUT2D eigenvalue weighted by Gasteiger charge is 2.20. The minimum atomic E-state index is -0.650. The van der Waals surface area contributed by atoms with Gasteiger partial charge in [0, 0.05) is 38.2 Å². The van der Waals surface area contributed by atoms with Gasteiger partial charge in [-0.25, -0.2) is 4.79 Å². The summed E-state index contributed by atoms with van der Waals surface area (Å²) in [4.78, 5) is 31.6. The molecule has 0 saturated carbocycles. The highest BCUT2D eigenvalue weighted by molar-refractivity contribution is 6.12. The number of methoxy groups -OCH3 is 3. The first-order chi connectivity index (χ1) is 19.0. The van der Waals surface area contributed by atoms with Crippen LogP contribution in [-0.4, -0.2) is 70.8 Å². The van der Waals surface area contributed by atoms with Crippen LogP contribution in [0.2, 0.25) is 0 Å². The number of benzene rings is 2. The molecule has 0 spiro atoms. The Bertz CT molecular complexity index is 1230. The van der Waals surface area contributed by atoms with Crippen LogP contribution >= 0.6 is 0 Å². The first-order valence-electron chi connectivity index (χ1n) is 12.4. The normalized spacial score (nSPS) is 16.1. The third kappa shape index (κ3) is 8.48. The highest BCUT2D eigenvalue weighted by atomic mass is 16.5. The summed E-state index contributed by atoms with van der Waals surface area (Å²) in [6.07, 6.45) is 13.7. The summed E-state index contributed by atoms with van der Waals surface area (Å²) in [6.45, 7) is 3.62. The highest BCUT2D eigenvalue weighted by Crippen LogP contribution is 2.30. The van der Waals surface area contributed by atoms with Gasteiger partial charge in [-0.2, -0.15) is 0 Å². The molecule has 3 rings (SSSR count). The fourth-order valence-corrected chi connectivity index (χ4v) is 3.93. The lowest BCUT2D eigenvalue weighted by Crippen LogP contribution is -2.34. The van der Waals surface area contributed by atoms with Crippen molar-refractivity contribution in [2.45, 2.75) is 13.3 Å². The van der Waals surface area contributed by atoms with E-state index in [4.69, 9.17) is 14.2 Å². The van der Waals surface area contributed by atoms with Crippen LogP contribution in [0.4, 0.5) is 10.5 Å². The van der Waals surface area contributed by atoms with Crippen LogP contribution < -0.4 is 15.4 Å². The van der Waals surface area contributed by atoms with Crippen LogP contribution in [0, 0.1) is 12.8 Å². The molecular formula is C30H36N4O5. The molecule has 206 valence electrons. The molecule has 2 aromatic carbocycles. The van der Waals surface area contributed by atoms with Gasteiger partial charge in [-0.15, -0.1) is 12.8 Å². The monoisotopic (exact) mass is 532 g/mol. The SMILES string of the molecule is C#C.CCN(CCOC)C(=O)c1cc(C2=C/C/C(c3ccccc3OC)=C\NC/N=C\2)ccc1NC(=O)OC. The first kappa shape index (κ1) is 30.7. The zero-order valence-electron chi connectivity index (χ0n) is 22.9. The van der Waals surface area contributed by atoms with Gasteiger partial charge in [0.2, 0.25) is 0 Å². The fourth-order valence-electron chi connectivity index (χ4n) is 3.93. The Labute approximate surface area is 230 Å². The molecule has 2 aromatic rings. The maximum absolute atomic E-state index is 13.5.